The van der Waals surface area contributed by atoms with Gasteiger partial charge >= 0.3 is 0 Å². The number of hydrogen-bond donors (Lipinski definition) is 1. The van der Waals surface area contributed by atoms with E-state index >= 15 is 0 Å². The highest BCUT2D eigenvalue weighted by atomic mass is 16.6. The molecule has 1 N–H and O–H groups in total. The van der Waals surface area contributed by atoms with Crippen LogP contribution in [0.25, 0.3) is 0 Å². The number of aliphatic hydroxyl groups excluding tert-OH is 1. The maximum atomic E-state index is 11.1. The molecule has 8 nitrogen and oxygen atoms in total. The summed E-state index contributed by atoms with van der Waals surface area (Å²) in [7, 11) is 0. The molecule has 20 heavy (non-hydrogen) atoms. The minimum atomic E-state index is -0.644. The minimum Gasteiger partial charge on any atom is -0.396 e. The van der Waals surface area contributed by atoms with Gasteiger partial charge in [0.2, 0.25) is 0 Å². The SMILES string of the molecule is O=[N+]([O-])c1ccc(N2CCC(CCO)C2)c([N+](=O)[O-])c1. The van der Waals surface area contributed by atoms with Gasteiger partial charge in [-0.05, 0) is 24.8 Å². The lowest BCUT2D eigenvalue weighted by atomic mass is 10.1. The van der Waals surface area contributed by atoms with E-state index < -0.39 is 9.85 Å². The molecule has 0 amide bonds. The first-order valence-electron chi connectivity index (χ1n) is 6.31. The van der Waals surface area contributed by atoms with Gasteiger partial charge in [0.1, 0.15) is 5.69 Å². The van der Waals surface area contributed by atoms with Gasteiger partial charge in [0, 0.05) is 25.8 Å². The van der Waals surface area contributed by atoms with Crippen LogP contribution in [0, 0.1) is 26.1 Å². The molecule has 1 heterocycles. The minimum absolute atomic E-state index is 0.0981. The van der Waals surface area contributed by atoms with Crippen LogP contribution in [0.5, 0.6) is 0 Å². The van der Waals surface area contributed by atoms with Gasteiger partial charge < -0.3 is 10.0 Å². The topological polar surface area (TPSA) is 110 Å². The summed E-state index contributed by atoms with van der Waals surface area (Å²) in [6.07, 6.45) is 1.52. The third-order valence-corrected chi connectivity index (χ3v) is 3.53. The fourth-order valence-corrected chi connectivity index (χ4v) is 2.51. The van der Waals surface area contributed by atoms with Crippen LogP contribution in [0.3, 0.4) is 0 Å². The number of hydrogen-bond acceptors (Lipinski definition) is 6. The molecular weight excluding hydrogens is 266 g/mol. The third kappa shape index (κ3) is 2.85. The van der Waals surface area contributed by atoms with E-state index in [0.717, 1.165) is 12.5 Å². The molecule has 0 saturated carbocycles. The molecule has 1 aliphatic rings. The second kappa shape index (κ2) is 5.83. The largest absolute Gasteiger partial charge is 0.396 e. The zero-order valence-electron chi connectivity index (χ0n) is 10.8. The van der Waals surface area contributed by atoms with E-state index in [4.69, 9.17) is 5.11 Å². The van der Waals surface area contributed by atoms with Gasteiger partial charge in [-0.25, -0.2) is 0 Å². The number of nitrogens with zero attached hydrogens (tertiary/aromatic N) is 3. The summed E-state index contributed by atoms with van der Waals surface area (Å²) in [5, 5.41) is 30.7. The molecule has 1 aromatic rings. The second-order valence-corrected chi connectivity index (χ2v) is 4.80. The van der Waals surface area contributed by atoms with Crippen molar-refractivity contribution in [1.29, 1.82) is 0 Å². The fraction of sp³-hybridized carbons (Fsp3) is 0.500. The third-order valence-electron chi connectivity index (χ3n) is 3.53. The standard InChI is InChI=1S/C12H15N3O5/c16-6-4-9-3-5-13(8-9)11-2-1-10(14(17)18)7-12(11)15(19)20/h1-2,7,9,16H,3-6,8H2. The zero-order valence-corrected chi connectivity index (χ0v) is 10.8. The molecule has 0 spiro atoms. The molecule has 0 radical (unpaired) electrons. The van der Waals surface area contributed by atoms with E-state index in [1.807, 2.05) is 4.90 Å². The van der Waals surface area contributed by atoms with Crippen molar-refractivity contribution in [2.24, 2.45) is 5.92 Å². The maximum absolute atomic E-state index is 11.1. The molecule has 108 valence electrons. The Morgan fingerprint density at radius 2 is 2.05 bits per heavy atom. The molecule has 1 unspecified atom stereocenters. The molecule has 0 aliphatic carbocycles. The number of benzene rings is 1. The molecule has 0 bridgehead atoms. The van der Waals surface area contributed by atoms with Crippen molar-refractivity contribution in [2.45, 2.75) is 12.8 Å². The van der Waals surface area contributed by atoms with Gasteiger partial charge in [0.05, 0.1) is 15.9 Å². The lowest BCUT2D eigenvalue weighted by Crippen LogP contribution is -2.21. The maximum Gasteiger partial charge on any atom is 0.299 e. The highest BCUT2D eigenvalue weighted by Gasteiger charge is 2.28. The number of nitro groups is 2. The molecule has 1 saturated heterocycles. The predicted octanol–water partition coefficient (Wildman–Crippen LogP) is 1.71. The Bertz CT molecular complexity index is 534. The van der Waals surface area contributed by atoms with Crippen molar-refractivity contribution in [1.82, 2.24) is 0 Å². The Kier molecular flexibility index (Phi) is 4.14. The van der Waals surface area contributed by atoms with Crippen molar-refractivity contribution in [2.75, 3.05) is 24.6 Å². The molecule has 8 heteroatoms. The summed E-state index contributed by atoms with van der Waals surface area (Å²) in [5.41, 5.74) is -0.128. The number of non-ortho nitro benzene ring substituents is 1. The van der Waals surface area contributed by atoms with Crippen molar-refractivity contribution in [3.63, 3.8) is 0 Å². The fourth-order valence-electron chi connectivity index (χ4n) is 2.51. The molecule has 1 fully saturated rings. The van der Waals surface area contributed by atoms with Gasteiger partial charge in [-0.15, -0.1) is 0 Å². The highest BCUT2D eigenvalue weighted by molar-refractivity contribution is 5.67. The summed E-state index contributed by atoms with van der Waals surface area (Å²) >= 11 is 0. The molecular formula is C12H15N3O5. The average molecular weight is 281 g/mol. The smallest absolute Gasteiger partial charge is 0.299 e. The van der Waals surface area contributed by atoms with Crippen molar-refractivity contribution < 1.29 is 15.0 Å². The summed E-state index contributed by atoms with van der Waals surface area (Å²) in [4.78, 5) is 22.4. The quantitative estimate of drug-likeness (QED) is 0.649. The zero-order chi connectivity index (χ0) is 14.7. The number of anilines is 1. The average Bonchev–Trinajstić information content (AvgIpc) is 2.86. The van der Waals surface area contributed by atoms with Crippen molar-refractivity contribution >= 4 is 17.1 Å². The Hall–Kier alpha value is -2.22. The van der Waals surface area contributed by atoms with Crippen LogP contribution in [0.1, 0.15) is 12.8 Å². The Morgan fingerprint density at radius 1 is 1.30 bits per heavy atom. The lowest BCUT2D eigenvalue weighted by molar-refractivity contribution is -0.393. The Morgan fingerprint density at radius 3 is 2.65 bits per heavy atom. The Balaban J connectivity index is 2.28. The van der Waals surface area contributed by atoms with Crippen LogP contribution in [-0.2, 0) is 0 Å². The number of nitro benzene ring substituents is 2. The van der Waals surface area contributed by atoms with Crippen molar-refractivity contribution in [3.8, 4) is 0 Å². The van der Waals surface area contributed by atoms with E-state index in [2.05, 4.69) is 0 Å². The highest BCUT2D eigenvalue weighted by Crippen LogP contribution is 2.35. The number of rotatable bonds is 5. The van der Waals surface area contributed by atoms with E-state index in [1.165, 1.54) is 12.1 Å². The van der Waals surface area contributed by atoms with E-state index in [9.17, 15) is 20.2 Å². The van der Waals surface area contributed by atoms with E-state index in [0.29, 0.717) is 31.1 Å². The first kappa shape index (κ1) is 14.2. The van der Waals surface area contributed by atoms with Crippen LogP contribution in [0.2, 0.25) is 0 Å². The summed E-state index contributed by atoms with van der Waals surface area (Å²) in [5.74, 6) is 0.301. The summed E-state index contributed by atoms with van der Waals surface area (Å²) in [6.45, 7) is 1.38. The van der Waals surface area contributed by atoms with E-state index in [1.54, 1.807) is 0 Å². The van der Waals surface area contributed by atoms with Crippen LogP contribution in [0.4, 0.5) is 17.1 Å². The number of aliphatic hydroxyl groups is 1. The first-order chi connectivity index (χ1) is 9.52. The van der Waals surface area contributed by atoms with Gasteiger partial charge in [-0.3, -0.25) is 20.2 Å². The van der Waals surface area contributed by atoms with Crippen molar-refractivity contribution in [3.05, 3.63) is 38.4 Å². The van der Waals surface area contributed by atoms with Gasteiger partial charge in [-0.1, -0.05) is 0 Å². The van der Waals surface area contributed by atoms with Crippen LogP contribution < -0.4 is 4.90 Å². The van der Waals surface area contributed by atoms with Gasteiger partial charge in [0.15, 0.2) is 0 Å². The molecule has 1 aromatic carbocycles. The summed E-state index contributed by atoms with van der Waals surface area (Å²) in [6, 6.07) is 3.70. The first-order valence-corrected chi connectivity index (χ1v) is 6.31. The molecule has 1 aliphatic heterocycles. The van der Waals surface area contributed by atoms with Gasteiger partial charge in [0.25, 0.3) is 11.4 Å². The van der Waals surface area contributed by atoms with Crippen LogP contribution >= 0.6 is 0 Å². The molecule has 2 rings (SSSR count). The van der Waals surface area contributed by atoms with Crippen LogP contribution in [-0.4, -0.2) is 34.6 Å². The Labute approximate surface area is 114 Å². The molecule has 1 atom stereocenters. The van der Waals surface area contributed by atoms with Crippen LogP contribution in [0.15, 0.2) is 18.2 Å². The molecule has 0 aromatic heterocycles. The second-order valence-electron chi connectivity index (χ2n) is 4.80. The summed E-state index contributed by atoms with van der Waals surface area (Å²) < 4.78 is 0. The monoisotopic (exact) mass is 281 g/mol. The van der Waals surface area contributed by atoms with E-state index in [-0.39, 0.29) is 18.0 Å². The lowest BCUT2D eigenvalue weighted by Gasteiger charge is -2.18. The predicted molar refractivity (Wildman–Crippen MR) is 71.8 cm³/mol. The van der Waals surface area contributed by atoms with Gasteiger partial charge in [-0.2, -0.15) is 0 Å². The normalized spacial score (nSPS) is 18.2.